The van der Waals surface area contributed by atoms with Crippen LogP contribution in [0.4, 0.5) is 5.69 Å². The lowest BCUT2D eigenvalue weighted by Crippen LogP contribution is -2.33. The lowest BCUT2D eigenvalue weighted by atomic mass is 10.1. The summed E-state index contributed by atoms with van der Waals surface area (Å²) in [6.45, 7) is 2.34. The van der Waals surface area contributed by atoms with Crippen LogP contribution >= 0.6 is 0 Å². The Bertz CT molecular complexity index is 768. The third-order valence-electron chi connectivity index (χ3n) is 4.35. The van der Waals surface area contributed by atoms with Crippen LogP contribution in [0, 0.1) is 0 Å². The number of hydrogen-bond acceptors (Lipinski definition) is 4. The van der Waals surface area contributed by atoms with Gasteiger partial charge in [-0.05, 0) is 31.0 Å². The highest BCUT2D eigenvalue weighted by atomic mass is 16.4. The summed E-state index contributed by atoms with van der Waals surface area (Å²) in [5, 5.41) is 8.84. The summed E-state index contributed by atoms with van der Waals surface area (Å²) in [6, 6.07) is 10.3. The molecule has 6 nitrogen and oxygen atoms in total. The summed E-state index contributed by atoms with van der Waals surface area (Å²) in [7, 11) is 1.45. The highest BCUT2D eigenvalue weighted by Crippen LogP contribution is 2.33. The Hall–Kier alpha value is -2.76. The van der Waals surface area contributed by atoms with E-state index in [9.17, 15) is 9.59 Å². The zero-order valence-corrected chi connectivity index (χ0v) is 13.7. The average Bonchev–Trinajstić information content (AvgIpc) is 3.11. The summed E-state index contributed by atoms with van der Waals surface area (Å²) in [6.07, 6.45) is 2.44. The number of anilines is 1. The zero-order chi connectivity index (χ0) is 17.3. The Morgan fingerprint density at radius 1 is 1.33 bits per heavy atom. The molecule has 2 heterocycles. The van der Waals surface area contributed by atoms with E-state index in [1.54, 1.807) is 6.07 Å². The van der Waals surface area contributed by atoms with E-state index in [-0.39, 0.29) is 12.3 Å². The zero-order valence-electron chi connectivity index (χ0n) is 13.7. The first-order chi connectivity index (χ1) is 11.5. The Morgan fingerprint density at radius 3 is 2.83 bits per heavy atom. The maximum absolute atomic E-state index is 12.4. The van der Waals surface area contributed by atoms with Gasteiger partial charge in [0.25, 0.3) is 5.91 Å². The number of aliphatic carboxylic acids is 1. The van der Waals surface area contributed by atoms with Crippen molar-refractivity contribution in [2.75, 3.05) is 18.5 Å². The van der Waals surface area contributed by atoms with Crippen molar-refractivity contribution in [1.82, 2.24) is 4.90 Å². The first-order valence-corrected chi connectivity index (χ1v) is 7.85. The molecular formula is C18H20N2O4. The number of benzene rings is 1. The van der Waals surface area contributed by atoms with E-state index in [0.29, 0.717) is 12.6 Å². The lowest BCUT2D eigenvalue weighted by Gasteiger charge is -2.25. The van der Waals surface area contributed by atoms with Gasteiger partial charge in [0.2, 0.25) is 0 Å². The number of nitrogens with zero attached hydrogens (tertiary/aromatic N) is 2. The van der Waals surface area contributed by atoms with E-state index < -0.39 is 11.9 Å². The highest BCUT2D eigenvalue weighted by Gasteiger charge is 2.28. The Morgan fingerprint density at radius 2 is 2.08 bits per heavy atom. The molecule has 24 heavy (non-hydrogen) atoms. The summed E-state index contributed by atoms with van der Waals surface area (Å²) in [4.78, 5) is 26.6. The van der Waals surface area contributed by atoms with Gasteiger partial charge in [-0.3, -0.25) is 9.59 Å². The van der Waals surface area contributed by atoms with Gasteiger partial charge in [-0.25, -0.2) is 0 Å². The smallest absolute Gasteiger partial charge is 0.323 e. The number of amides is 1. The molecule has 3 rings (SSSR count). The van der Waals surface area contributed by atoms with Crippen molar-refractivity contribution in [3.8, 4) is 0 Å². The first-order valence-electron chi connectivity index (χ1n) is 7.85. The van der Waals surface area contributed by atoms with Crippen LogP contribution in [-0.2, 0) is 17.8 Å². The fourth-order valence-corrected chi connectivity index (χ4v) is 3.15. The van der Waals surface area contributed by atoms with Gasteiger partial charge >= 0.3 is 5.97 Å². The van der Waals surface area contributed by atoms with E-state index in [4.69, 9.17) is 9.52 Å². The summed E-state index contributed by atoms with van der Waals surface area (Å²) < 4.78 is 5.35. The second kappa shape index (κ2) is 6.39. The maximum atomic E-state index is 12.4. The minimum Gasteiger partial charge on any atom is -0.480 e. The molecule has 1 aliphatic heterocycles. The van der Waals surface area contributed by atoms with Gasteiger partial charge in [-0.2, -0.15) is 0 Å². The van der Waals surface area contributed by atoms with Crippen LogP contribution < -0.4 is 4.90 Å². The number of para-hydroxylation sites is 1. The molecular weight excluding hydrogens is 308 g/mol. The van der Waals surface area contributed by atoms with Gasteiger partial charge in [-0.1, -0.05) is 18.2 Å². The molecule has 0 saturated heterocycles. The number of hydrogen-bond donors (Lipinski definition) is 1. The van der Waals surface area contributed by atoms with Crippen LogP contribution in [0.3, 0.4) is 0 Å². The molecule has 0 radical (unpaired) electrons. The van der Waals surface area contributed by atoms with Gasteiger partial charge in [0, 0.05) is 30.9 Å². The second-order valence-electron chi connectivity index (χ2n) is 6.14. The van der Waals surface area contributed by atoms with Gasteiger partial charge in [0.05, 0.1) is 6.26 Å². The molecule has 0 spiro atoms. The predicted molar refractivity (Wildman–Crippen MR) is 89.1 cm³/mol. The molecule has 126 valence electrons. The van der Waals surface area contributed by atoms with Crippen molar-refractivity contribution >= 4 is 17.6 Å². The molecule has 1 aromatic heterocycles. The van der Waals surface area contributed by atoms with E-state index in [1.807, 2.05) is 12.1 Å². The quantitative estimate of drug-likeness (QED) is 0.912. The van der Waals surface area contributed by atoms with Crippen LogP contribution in [-0.4, -0.2) is 41.5 Å². The Labute approximate surface area is 140 Å². The second-order valence-corrected chi connectivity index (χ2v) is 6.14. The standard InChI is InChI=1S/C18H20N2O4/c1-12-9-13-5-3-4-6-15(13)20(12)10-14-7-8-24-17(14)18(23)19(2)11-16(21)22/h3-8,12H,9-11H2,1-2H3,(H,21,22). The van der Waals surface area contributed by atoms with Crippen LogP contribution in [0.2, 0.25) is 0 Å². The molecule has 0 saturated carbocycles. The van der Waals surface area contributed by atoms with Crippen LogP contribution in [0.5, 0.6) is 0 Å². The van der Waals surface area contributed by atoms with Crippen LogP contribution in [0.25, 0.3) is 0 Å². The van der Waals surface area contributed by atoms with Gasteiger partial charge in [0.1, 0.15) is 6.54 Å². The molecule has 0 aliphatic carbocycles. The number of likely N-dealkylation sites (N-methyl/N-ethyl adjacent to an activating group) is 1. The largest absolute Gasteiger partial charge is 0.480 e. The summed E-state index contributed by atoms with van der Waals surface area (Å²) in [5.41, 5.74) is 3.23. The van der Waals surface area contributed by atoms with Crippen molar-refractivity contribution in [2.45, 2.75) is 25.9 Å². The average molecular weight is 328 g/mol. The van der Waals surface area contributed by atoms with Gasteiger partial charge in [0.15, 0.2) is 5.76 Å². The van der Waals surface area contributed by atoms with Crippen molar-refractivity contribution < 1.29 is 19.1 Å². The summed E-state index contributed by atoms with van der Waals surface area (Å²) >= 11 is 0. The number of rotatable bonds is 5. The minimum absolute atomic E-state index is 0.204. The molecule has 1 amide bonds. The minimum atomic E-state index is -1.05. The molecule has 1 aromatic carbocycles. The van der Waals surface area contributed by atoms with Crippen molar-refractivity contribution in [2.24, 2.45) is 0 Å². The van der Waals surface area contributed by atoms with Gasteiger partial charge in [-0.15, -0.1) is 0 Å². The van der Waals surface area contributed by atoms with Crippen molar-refractivity contribution in [3.05, 3.63) is 53.5 Å². The SMILES string of the molecule is CC1Cc2ccccc2N1Cc1ccoc1C(=O)N(C)CC(=O)O. The molecule has 0 bridgehead atoms. The van der Waals surface area contributed by atoms with Gasteiger partial charge < -0.3 is 19.3 Å². The summed E-state index contributed by atoms with van der Waals surface area (Å²) in [5.74, 6) is -1.27. The van der Waals surface area contributed by atoms with E-state index >= 15 is 0 Å². The number of furan rings is 1. The van der Waals surface area contributed by atoms with Crippen LogP contribution in [0.15, 0.2) is 41.0 Å². The molecule has 1 aliphatic rings. The number of carboxylic acid groups (broad SMARTS) is 1. The van der Waals surface area contributed by atoms with E-state index in [2.05, 4.69) is 24.0 Å². The third-order valence-corrected chi connectivity index (χ3v) is 4.35. The topological polar surface area (TPSA) is 74.0 Å². The first kappa shape index (κ1) is 16.1. The van der Waals surface area contributed by atoms with E-state index in [1.165, 1.54) is 24.6 Å². The highest BCUT2D eigenvalue weighted by molar-refractivity contribution is 5.94. The number of carbonyl (C=O) groups is 2. The fraction of sp³-hybridized carbons (Fsp3) is 0.333. The lowest BCUT2D eigenvalue weighted by molar-refractivity contribution is -0.137. The molecule has 2 aromatic rings. The molecule has 1 unspecified atom stereocenters. The molecule has 6 heteroatoms. The maximum Gasteiger partial charge on any atom is 0.323 e. The number of fused-ring (bicyclic) bond motifs is 1. The fourth-order valence-electron chi connectivity index (χ4n) is 3.15. The third kappa shape index (κ3) is 2.99. The number of carboxylic acids is 1. The molecule has 0 fully saturated rings. The normalized spacial score (nSPS) is 16.1. The Kier molecular flexibility index (Phi) is 4.29. The van der Waals surface area contributed by atoms with Crippen molar-refractivity contribution in [1.29, 1.82) is 0 Å². The monoisotopic (exact) mass is 328 g/mol. The van der Waals surface area contributed by atoms with Crippen LogP contribution in [0.1, 0.15) is 28.6 Å². The van der Waals surface area contributed by atoms with E-state index in [0.717, 1.165) is 16.9 Å². The predicted octanol–water partition coefficient (Wildman–Crippen LogP) is 2.39. The van der Waals surface area contributed by atoms with Crippen molar-refractivity contribution in [3.63, 3.8) is 0 Å². The molecule has 1 atom stereocenters. The molecule has 1 N–H and O–H groups in total. The Balaban J connectivity index is 1.82. The number of carbonyl (C=O) groups excluding carboxylic acids is 1.